The van der Waals surface area contributed by atoms with Crippen LogP contribution in [0, 0.1) is 11.8 Å². The van der Waals surface area contributed by atoms with Gasteiger partial charge >= 0.3 is 0 Å². The standard InChI is InChI=1S/C19H30N2O3/c1-14(2)7-12-24-17-6-4-3-5-16(17)13-21-19(22)18(20)15-8-10-23-11-9-15/h3-6,14-15,18H,7-13,20H2,1-2H3,(H,21,22). The van der Waals surface area contributed by atoms with Crippen molar-refractivity contribution in [2.45, 2.75) is 45.7 Å². The SMILES string of the molecule is CC(C)CCOc1ccccc1CNC(=O)C(N)C1CCOCC1. The number of ether oxygens (including phenoxy) is 2. The summed E-state index contributed by atoms with van der Waals surface area (Å²) in [6.45, 7) is 6.86. The smallest absolute Gasteiger partial charge is 0.237 e. The molecule has 1 aliphatic heterocycles. The number of benzene rings is 1. The third-order valence-electron chi connectivity index (χ3n) is 4.46. The highest BCUT2D eigenvalue weighted by molar-refractivity contribution is 5.81. The molecule has 1 aromatic carbocycles. The van der Waals surface area contributed by atoms with Crippen molar-refractivity contribution >= 4 is 5.91 Å². The highest BCUT2D eigenvalue weighted by Crippen LogP contribution is 2.20. The van der Waals surface area contributed by atoms with Crippen molar-refractivity contribution in [2.75, 3.05) is 19.8 Å². The minimum atomic E-state index is -0.470. The van der Waals surface area contributed by atoms with Crippen molar-refractivity contribution in [2.24, 2.45) is 17.6 Å². The van der Waals surface area contributed by atoms with Crippen molar-refractivity contribution in [1.29, 1.82) is 0 Å². The van der Waals surface area contributed by atoms with E-state index in [0.717, 1.165) is 30.6 Å². The molecule has 1 aromatic rings. The van der Waals surface area contributed by atoms with E-state index in [0.29, 0.717) is 32.3 Å². The number of para-hydroxylation sites is 1. The van der Waals surface area contributed by atoms with E-state index in [4.69, 9.17) is 15.2 Å². The number of nitrogens with one attached hydrogen (secondary N) is 1. The Morgan fingerprint density at radius 3 is 2.75 bits per heavy atom. The maximum absolute atomic E-state index is 12.3. The number of amides is 1. The molecule has 1 atom stereocenters. The number of hydrogen-bond donors (Lipinski definition) is 2. The summed E-state index contributed by atoms with van der Waals surface area (Å²) in [4.78, 5) is 12.3. The summed E-state index contributed by atoms with van der Waals surface area (Å²) in [7, 11) is 0. The second-order valence-electron chi connectivity index (χ2n) is 6.83. The Balaban J connectivity index is 1.85. The van der Waals surface area contributed by atoms with Crippen LogP contribution in [0.15, 0.2) is 24.3 Å². The first kappa shape index (κ1) is 18.7. The Morgan fingerprint density at radius 2 is 2.04 bits per heavy atom. The van der Waals surface area contributed by atoms with Gasteiger partial charge in [0, 0.05) is 25.3 Å². The largest absolute Gasteiger partial charge is 0.493 e. The van der Waals surface area contributed by atoms with Crippen LogP contribution in [-0.4, -0.2) is 31.8 Å². The van der Waals surface area contributed by atoms with E-state index in [-0.39, 0.29) is 11.8 Å². The van der Waals surface area contributed by atoms with Crippen LogP contribution in [0.5, 0.6) is 5.75 Å². The lowest BCUT2D eigenvalue weighted by molar-refractivity contribution is -0.124. The van der Waals surface area contributed by atoms with Crippen LogP contribution in [0.25, 0.3) is 0 Å². The van der Waals surface area contributed by atoms with Gasteiger partial charge in [0.15, 0.2) is 0 Å². The van der Waals surface area contributed by atoms with Crippen LogP contribution in [0.2, 0.25) is 0 Å². The van der Waals surface area contributed by atoms with Gasteiger partial charge in [-0.15, -0.1) is 0 Å². The highest BCUT2D eigenvalue weighted by Gasteiger charge is 2.26. The molecule has 0 aliphatic carbocycles. The molecule has 2 rings (SSSR count). The van der Waals surface area contributed by atoms with Gasteiger partial charge in [-0.1, -0.05) is 32.0 Å². The predicted octanol–water partition coefficient (Wildman–Crippen LogP) is 2.48. The van der Waals surface area contributed by atoms with Crippen LogP contribution < -0.4 is 15.8 Å². The summed E-state index contributed by atoms with van der Waals surface area (Å²) >= 11 is 0. The number of carbonyl (C=O) groups excluding carboxylic acids is 1. The van der Waals surface area contributed by atoms with E-state index in [9.17, 15) is 4.79 Å². The van der Waals surface area contributed by atoms with Crippen molar-refractivity contribution in [3.8, 4) is 5.75 Å². The van der Waals surface area contributed by atoms with Gasteiger partial charge in [-0.3, -0.25) is 4.79 Å². The third-order valence-corrected chi connectivity index (χ3v) is 4.46. The van der Waals surface area contributed by atoms with Crippen LogP contribution in [0.1, 0.15) is 38.7 Å². The fourth-order valence-electron chi connectivity index (χ4n) is 2.78. The molecule has 0 aromatic heterocycles. The maximum atomic E-state index is 12.3. The van der Waals surface area contributed by atoms with Gasteiger partial charge in [-0.2, -0.15) is 0 Å². The molecule has 24 heavy (non-hydrogen) atoms. The number of hydrogen-bond acceptors (Lipinski definition) is 4. The molecule has 134 valence electrons. The normalized spacial score (nSPS) is 16.8. The zero-order valence-electron chi connectivity index (χ0n) is 14.8. The van der Waals surface area contributed by atoms with Crippen molar-refractivity contribution < 1.29 is 14.3 Å². The Kier molecular flexibility index (Phi) is 7.53. The quantitative estimate of drug-likeness (QED) is 0.766. The van der Waals surface area contributed by atoms with Gasteiger partial charge in [-0.05, 0) is 37.2 Å². The van der Waals surface area contributed by atoms with E-state index in [1.54, 1.807) is 0 Å². The predicted molar refractivity (Wildman–Crippen MR) is 94.8 cm³/mol. The van der Waals surface area contributed by atoms with Gasteiger partial charge in [0.05, 0.1) is 12.6 Å². The number of carbonyl (C=O) groups is 1. The summed E-state index contributed by atoms with van der Waals surface area (Å²) in [5.74, 6) is 1.54. The summed E-state index contributed by atoms with van der Waals surface area (Å²) < 4.78 is 11.2. The molecule has 1 heterocycles. The third kappa shape index (κ3) is 5.80. The first-order valence-electron chi connectivity index (χ1n) is 8.89. The number of nitrogens with two attached hydrogens (primary N) is 1. The van der Waals surface area contributed by atoms with Crippen LogP contribution in [-0.2, 0) is 16.1 Å². The van der Waals surface area contributed by atoms with E-state index >= 15 is 0 Å². The molecule has 0 saturated carbocycles. The molecule has 1 fully saturated rings. The Hall–Kier alpha value is -1.59. The van der Waals surface area contributed by atoms with Gasteiger partial charge in [0.25, 0.3) is 0 Å². The molecule has 0 radical (unpaired) electrons. The second kappa shape index (κ2) is 9.64. The molecular formula is C19H30N2O3. The van der Waals surface area contributed by atoms with Crippen LogP contribution in [0.3, 0.4) is 0 Å². The monoisotopic (exact) mass is 334 g/mol. The summed E-state index contributed by atoms with van der Waals surface area (Å²) in [5, 5.41) is 2.95. The Morgan fingerprint density at radius 1 is 1.33 bits per heavy atom. The molecule has 0 bridgehead atoms. The molecule has 1 amide bonds. The van der Waals surface area contributed by atoms with Gasteiger partial charge in [-0.25, -0.2) is 0 Å². The van der Waals surface area contributed by atoms with Crippen molar-refractivity contribution in [3.63, 3.8) is 0 Å². The average molecular weight is 334 g/mol. The molecule has 1 saturated heterocycles. The van der Waals surface area contributed by atoms with E-state index in [2.05, 4.69) is 19.2 Å². The van der Waals surface area contributed by atoms with Gasteiger partial charge in [0.2, 0.25) is 5.91 Å². The van der Waals surface area contributed by atoms with Gasteiger partial charge < -0.3 is 20.5 Å². The van der Waals surface area contributed by atoms with Crippen LogP contribution in [0.4, 0.5) is 0 Å². The summed E-state index contributed by atoms with van der Waals surface area (Å²) in [6, 6.07) is 7.35. The average Bonchev–Trinajstić information content (AvgIpc) is 2.60. The molecule has 0 spiro atoms. The Labute approximate surface area is 144 Å². The lowest BCUT2D eigenvalue weighted by Crippen LogP contribution is -2.46. The van der Waals surface area contributed by atoms with Crippen LogP contribution >= 0.6 is 0 Å². The topological polar surface area (TPSA) is 73.6 Å². The fraction of sp³-hybridized carbons (Fsp3) is 0.632. The molecule has 5 nitrogen and oxygen atoms in total. The lowest BCUT2D eigenvalue weighted by atomic mass is 9.92. The van der Waals surface area contributed by atoms with Crippen molar-refractivity contribution in [1.82, 2.24) is 5.32 Å². The van der Waals surface area contributed by atoms with E-state index in [1.165, 1.54) is 0 Å². The second-order valence-corrected chi connectivity index (χ2v) is 6.83. The zero-order chi connectivity index (χ0) is 17.4. The lowest BCUT2D eigenvalue weighted by Gasteiger charge is -2.26. The van der Waals surface area contributed by atoms with Gasteiger partial charge in [0.1, 0.15) is 5.75 Å². The Bertz CT molecular complexity index is 513. The highest BCUT2D eigenvalue weighted by atomic mass is 16.5. The maximum Gasteiger partial charge on any atom is 0.237 e. The first-order chi connectivity index (χ1) is 11.6. The zero-order valence-corrected chi connectivity index (χ0v) is 14.8. The first-order valence-corrected chi connectivity index (χ1v) is 8.89. The summed E-state index contributed by atoms with van der Waals surface area (Å²) in [6.07, 6.45) is 2.71. The minimum Gasteiger partial charge on any atom is -0.493 e. The van der Waals surface area contributed by atoms with E-state index in [1.807, 2.05) is 24.3 Å². The summed E-state index contributed by atoms with van der Waals surface area (Å²) in [5.41, 5.74) is 7.09. The number of rotatable bonds is 8. The van der Waals surface area contributed by atoms with E-state index < -0.39 is 6.04 Å². The molecule has 1 aliphatic rings. The minimum absolute atomic E-state index is 0.0983. The van der Waals surface area contributed by atoms with Crippen molar-refractivity contribution in [3.05, 3.63) is 29.8 Å². The molecule has 3 N–H and O–H groups in total. The molecular weight excluding hydrogens is 304 g/mol. The fourth-order valence-corrected chi connectivity index (χ4v) is 2.78. The molecule has 5 heteroatoms. The molecule has 1 unspecified atom stereocenters.